The van der Waals surface area contributed by atoms with Gasteiger partial charge in [-0.25, -0.2) is 0 Å². The van der Waals surface area contributed by atoms with Gasteiger partial charge in [0.15, 0.2) is 0 Å². The molecule has 0 aromatic carbocycles. The van der Waals surface area contributed by atoms with Gasteiger partial charge >= 0.3 is 5.97 Å². The first-order valence-corrected chi connectivity index (χ1v) is 23.4. The van der Waals surface area contributed by atoms with Gasteiger partial charge in [-0.1, -0.05) is 199 Å². The predicted octanol–water partition coefficient (Wildman–Crippen LogP) is 13.4. The maximum Gasteiger partial charge on any atom is 0.305 e. The summed E-state index contributed by atoms with van der Waals surface area (Å²) in [4.78, 5) is 24.4. The van der Waals surface area contributed by atoms with Crippen molar-refractivity contribution in [2.75, 3.05) is 13.2 Å². The lowest BCUT2D eigenvalue weighted by Gasteiger charge is -2.22. The largest absolute Gasteiger partial charge is 0.466 e. The number of amides is 1. The number of rotatable bonds is 43. The molecule has 2 atom stereocenters. The first-order valence-electron chi connectivity index (χ1n) is 23.4. The van der Waals surface area contributed by atoms with Crippen LogP contribution in [0.1, 0.15) is 251 Å². The van der Waals surface area contributed by atoms with Gasteiger partial charge < -0.3 is 20.3 Å². The lowest BCUT2D eigenvalue weighted by Crippen LogP contribution is -2.45. The van der Waals surface area contributed by atoms with Gasteiger partial charge in [0.05, 0.1) is 25.4 Å². The first-order chi connectivity index (χ1) is 26.0. The number of hydrogen-bond acceptors (Lipinski definition) is 5. The Morgan fingerprint density at radius 1 is 0.509 bits per heavy atom. The average molecular weight is 750 g/mol. The molecule has 0 fully saturated rings. The van der Waals surface area contributed by atoms with Crippen LogP contribution >= 0.6 is 0 Å². The van der Waals surface area contributed by atoms with Crippen LogP contribution in [0.25, 0.3) is 0 Å². The van der Waals surface area contributed by atoms with Gasteiger partial charge in [-0.2, -0.15) is 0 Å². The number of aliphatic hydroxyl groups is 2. The number of allylic oxidation sites excluding steroid dienone is 2. The SMILES string of the molecule is CCCCCCCC/C=C\CCCCCCCCCC(=O)OCCCCCCCCCCCCC(=O)NC(CO)C(O)CCCCCCCCCCC. The molecule has 0 aliphatic carbocycles. The molecule has 3 N–H and O–H groups in total. The molecule has 0 aromatic rings. The van der Waals surface area contributed by atoms with Crippen molar-refractivity contribution in [3.05, 3.63) is 12.2 Å². The number of hydrogen-bond donors (Lipinski definition) is 3. The maximum atomic E-state index is 12.4. The molecule has 0 spiro atoms. The Bertz CT molecular complexity index is 787. The summed E-state index contributed by atoms with van der Waals surface area (Å²) in [5.41, 5.74) is 0. The van der Waals surface area contributed by atoms with E-state index in [1.54, 1.807) is 0 Å². The van der Waals surface area contributed by atoms with Crippen LogP contribution < -0.4 is 5.32 Å². The highest BCUT2D eigenvalue weighted by molar-refractivity contribution is 5.76. The van der Waals surface area contributed by atoms with Gasteiger partial charge in [-0.3, -0.25) is 9.59 Å². The molecule has 0 aromatic heterocycles. The normalized spacial score (nSPS) is 12.8. The van der Waals surface area contributed by atoms with Crippen molar-refractivity contribution >= 4 is 11.9 Å². The Kier molecular flexibility index (Phi) is 42.2. The molecule has 6 nitrogen and oxygen atoms in total. The van der Waals surface area contributed by atoms with Crippen molar-refractivity contribution in [1.82, 2.24) is 5.32 Å². The molecule has 0 heterocycles. The highest BCUT2D eigenvalue weighted by Gasteiger charge is 2.20. The van der Waals surface area contributed by atoms with E-state index in [4.69, 9.17) is 4.74 Å². The zero-order valence-corrected chi connectivity index (χ0v) is 35.5. The monoisotopic (exact) mass is 750 g/mol. The number of nitrogens with one attached hydrogen (secondary N) is 1. The molecule has 2 unspecified atom stereocenters. The van der Waals surface area contributed by atoms with Crippen molar-refractivity contribution in [3.63, 3.8) is 0 Å². The van der Waals surface area contributed by atoms with E-state index in [0.717, 1.165) is 57.8 Å². The third-order valence-electron chi connectivity index (χ3n) is 10.8. The van der Waals surface area contributed by atoms with Crippen molar-refractivity contribution in [3.8, 4) is 0 Å². The second kappa shape index (κ2) is 43.3. The second-order valence-electron chi connectivity index (χ2n) is 16.1. The number of unbranched alkanes of at least 4 members (excludes halogenated alkanes) is 30. The molecule has 0 aliphatic heterocycles. The van der Waals surface area contributed by atoms with Crippen molar-refractivity contribution < 1.29 is 24.5 Å². The van der Waals surface area contributed by atoms with Gasteiger partial charge in [0.2, 0.25) is 5.91 Å². The van der Waals surface area contributed by atoms with E-state index < -0.39 is 12.1 Å². The van der Waals surface area contributed by atoms with Crippen LogP contribution in [0.5, 0.6) is 0 Å². The molecule has 0 radical (unpaired) electrons. The third kappa shape index (κ3) is 40.1. The summed E-state index contributed by atoms with van der Waals surface area (Å²) in [6.45, 7) is 4.87. The number of esters is 1. The molecule has 0 bridgehead atoms. The van der Waals surface area contributed by atoms with Crippen molar-refractivity contribution in [2.24, 2.45) is 0 Å². The molecule has 0 rings (SSSR count). The average Bonchev–Trinajstić information content (AvgIpc) is 3.16. The Labute approximate surface area is 329 Å². The van der Waals surface area contributed by atoms with Crippen molar-refractivity contribution in [1.29, 1.82) is 0 Å². The third-order valence-corrected chi connectivity index (χ3v) is 10.8. The van der Waals surface area contributed by atoms with E-state index in [1.807, 2.05) is 0 Å². The summed E-state index contributed by atoms with van der Waals surface area (Å²) in [5.74, 6) is -0.0834. The zero-order chi connectivity index (χ0) is 38.7. The van der Waals surface area contributed by atoms with Gasteiger partial charge in [-0.15, -0.1) is 0 Å². The molecule has 1 amide bonds. The standard InChI is InChI=1S/C47H91NO5/c1-3-5-7-9-11-13-14-15-16-17-18-19-20-25-29-33-37-41-47(52)53-42-38-34-30-26-22-21-24-28-32-36-40-46(51)48-44(43-49)45(50)39-35-31-27-23-12-10-8-6-4-2/h15-16,44-45,49-50H,3-14,17-43H2,1-2H3,(H,48,51)/b16-15-. The Hall–Kier alpha value is -1.40. The van der Waals surface area contributed by atoms with Crippen LogP contribution in [0.15, 0.2) is 12.2 Å². The van der Waals surface area contributed by atoms with Gasteiger partial charge in [0.1, 0.15) is 0 Å². The van der Waals surface area contributed by atoms with Crippen LogP contribution in [0.3, 0.4) is 0 Å². The Balaban J connectivity index is 3.45. The summed E-state index contributed by atoms with van der Waals surface area (Å²) in [6.07, 6.45) is 47.4. The zero-order valence-electron chi connectivity index (χ0n) is 35.5. The fourth-order valence-corrected chi connectivity index (χ4v) is 7.16. The molecule has 6 heteroatoms. The van der Waals surface area contributed by atoms with Crippen LogP contribution in [-0.4, -0.2) is 47.4 Å². The Morgan fingerprint density at radius 2 is 0.887 bits per heavy atom. The van der Waals surface area contributed by atoms with Crippen LogP contribution in [0, 0.1) is 0 Å². The lowest BCUT2D eigenvalue weighted by atomic mass is 10.0. The van der Waals surface area contributed by atoms with E-state index in [0.29, 0.717) is 25.9 Å². The molecule has 0 saturated carbocycles. The second-order valence-corrected chi connectivity index (χ2v) is 16.1. The van der Waals surface area contributed by atoms with E-state index in [-0.39, 0.29) is 18.5 Å². The fraction of sp³-hybridized carbons (Fsp3) is 0.915. The molecule has 53 heavy (non-hydrogen) atoms. The lowest BCUT2D eigenvalue weighted by molar-refractivity contribution is -0.143. The summed E-state index contributed by atoms with van der Waals surface area (Å²) in [7, 11) is 0. The minimum absolute atomic E-state index is 0.0228. The Morgan fingerprint density at radius 3 is 1.34 bits per heavy atom. The summed E-state index contributed by atoms with van der Waals surface area (Å²) < 4.78 is 5.45. The topological polar surface area (TPSA) is 95.9 Å². The van der Waals surface area contributed by atoms with E-state index >= 15 is 0 Å². The molecule has 314 valence electrons. The van der Waals surface area contributed by atoms with Gasteiger partial charge in [0, 0.05) is 12.8 Å². The fourth-order valence-electron chi connectivity index (χ4n) is 7.16. The number of ether oxygens (including phenoxy) is 1. The predicted molar refractivity (Wildman–Crippen MR) is 227 cm³/mol. The van der Waals surface area contributed by atoms with Crippen LogP contribution in [0.2, 0.25) is 0 Å². The smallest absolute Gasteiger partial charge is 0.305 e. The molecular weight excluding hydrogens is 659 g/mol. The molecule has 0 aliphatic rings. The molecule has 0 saturated heterocycles. The van der Waals surface area contributed by atoms with Gasteiger partial charge in [0.25, 0.3) is 0 Å². The maximum absolute atomic E-state index is 12.4. The van der Waals surface area contributed by atoms with Gasteiger partial charge in [-0.05, 0) is 51.4 Å². The summed E-state index contributed by atoms with van der Waals surface area (Å²) in [5, 5.41) is 23.0. The quantitative estimate of drug-likeness (QED) is 0.0328. The van der Waals surface area contributed by atoms with Crippen LogP contribution in [0.4, 0.5) is 0 Å². The van der Waals surface area contributed by atoms with E-state index in [9.17, 15) is 19.8 Å². The highest BCUT2D eigenvalue weighted by Crippen LogP contribution is 2.15. The van der Waals surface area contributed by atoms with E-state index in [1.165, 1.54) is 161 Å². The highest BCUT2D eigenvalue weighted by atomic mass is 16.5. The van der Waals surface area contributed by atoms with Crippen LogP contribution in [-0.2, 0) is 14.3 Å². The first kappa shape index (κ1) is 51.6. The van der Waals surface area contributed by atoms with E-state index in [2.05, 4.69) is 31.3 Å². The molecular formula is C47H91NO5. The number of carbonyl (C=O) groups excluding carboxylic acids is 2. The summed E-state index contributed by atoms with van der Waals surface area (Å²) in [6, 6.07) is -0.555. The summed E-state index contributed by atoms with van der Waals surface area (Å²) >= 11 is 0. The van der Waals surface area contributed by atoms with Crippen molar-refractivity contribution in [2.45, 2.75) is 264 Å². The minimum atomic E-state index is -0.675. The number of carbonyl (C=O) groups is 2. The number of aliphatic hydroxyl groups excluding tert-OH is 2. The minimum Gasteiger partial charge on any atom is -0.466 e.